The van der Waals surface area contributed by atoms with Crippen molar-refractivity contribution in [2.24, 2.45) is 5.92 Å². The topological polar surface area (TPSA) is 110 Å². The van der Waals surface area contributed by atoms with Gasteiger partial charge in [0.25, 0.3) is 11.8 Å². The minimum atomic E-state index is -3.52. The molecule has 0 radical (unpaired) electrons. The van der Waals surface area contributed by atoms with Gasteiger partial charge in [-0.2, -0.15) is 0 Å². The number of rotatable bonds is 6. The summed E-state index contributed by atoms with van der Waals surface area (Å²) in [5.74, 6) is -1.000. The van der Waals surface area contributed by atoms with E-state index in [4.69, 9.17) is 4.74 Å². The average Bonchev–Trinajstić information content (AvgIpc) is 3.23. The normalized spacial score (nSPS) is 18.5. The molecule has 1 N–H and O–H groups in total. The number of hydrogen-bond acceptors (Lipinski definition) is 7. The molecule has 0 unspecified atom stereocenters. The molecule has 0 saturated heterocycles. The molecule has 10 heteroatoms. The molecule has 1 aliphatic carbocycles. The van der Waals surface area contributed by atoms with Gasteiger partial charge >= 0.3 is 0 Å². The van der Waals surface area contributed by atoms with E-state index in [0.29, 0.717) is 23.6 Å². The molecule has 5 rings (SSSR count). The molecule has 1 fully saturated rings. The summed E-state index contributed by atoms with van der Waals surface area (Å²) in [5, 5.41) is 4.65. The number of nitrogens with one attached hydrogen (secondary N) is 1. The zero-order valence-corrected chi connectivity index (χ0v) is 18.3. The maximum atomic E-state index is 13.3. The predicted octanol–water partition coefficient (Wildman–Crippen LogP) is 2.41. The summed E-state index contributed by atoms with van der Waals surface area (Å²) in [5.41, 5.74) is 1.83. The van der Waals surface area contributed by atoms with Gasteiger partial charge in [0.05, 0.1) is 29.5 Å². The molecular weight excluding hydrogens is 440 g/mol. The summed E-state index contributed by atoms with van der Waals surface area (Å²) in [6, 6.07) is 4.28. The maximum Gasteiger partial charge on any atom is 0.265 e. The van der Waals surface area contributed by atoms with E-state index in [1.807, 2.05) is 0 Å². The van der Waals surface area contributed by atoms with Crippen LogP contribution in [0.2, 0.25) is 0 Å². The lowest BCUT2D eigenvalue weighted by atomic mass is 10.0. The van der Waals surface area contributed by atoms with Gasteiger partial charge in [0, 0.05) is 24.0 Å². The summed E-state index contributed by atoms with van der Waals surface area (Å²) < 4.78 is 29.9. The van der Waals surface area contributed by atoms with E-state index in [1.54, 1.807) is 23.6 Å². The molecule has 3 amide bonds. The van der Waals surface area contributed by atoms with Crippen molar-refractivity contribution >= 4 is 43.9 Å². The molecule has 1 atom stereocenters. The molecule has 0 spiro atoms. The number of nitrogens with zero attached hydrogens (tertiary/aromatic N) is 1. The molecule has 3 aliphatic rings. The lowest BCUT2D eigenvalue weighted by Crippen LogP contribution is -2.38. The smallest absolute Gasteiger partial charge is 0.265 e. The third-order valence-electron chi connectivity index (χ3n) is 5.73. The molecule has 1 saturated carbocycles. The third kappa shape index (κ3) is 3.63. The van der Waals surface area contributed by atoms with E-state index in [-0.39, 0.29) is 28.7 Å². The maximum absolute atomic E-state index is 13.3. The first-order valence-electron chi connectivity index (χ1n) is 9.96. The number of carbonyl (C=O) groups is 3. The van der Waals surface area contributed by atoms with Crippen molar-refractivity contribution in [1.29, 1.82) is 0 Å². The van der Waals surface area contributed by atoms with Crippen molar-refractivity contribution in [3.05, 3.63) is 45.8 Å². The van der Waals surface area contributed by atoms with Gasteiger partial charge < -0.3 is 10.1 Å². The molecule has 0 bridgehead atoms. The van der Waals surface area contributed by atoms with Crippen LogP contribution < -0.4 is 10.1 Å². The van der Waals surface area contributed by atoms with Crippen molar-refractivity contribution in [1.82, 2.24) is 4.90 Å². The Hall–Kier alpha value is -2.72. The number of imide groups is 1. The highest BCUT2D eigenvalue weighted by atomic mass is 32.2. The van der Waals surface area contributed by atoms with Crippen molar-refractivity contribution in [2.45, 2.75) is 25.3 Å². The summed E-state index contributed by atoms with van der Waals surface area (Å²) in [6.45, 7) is 0.540. The van der Waals surface area contributed by atoms with Gasteiger partial charge in [0.1, 0.15) is 20.6 Å². The molecule has 3 heterocycles. The highest BCUT2D eigenvalue weighted by Crippen LogP contribution is 2.41. The van der Waals surface area contributed by atoms with E-state index in [1.165, 1.54) is 0 Å². The molecule has 31 heavy (non-hydrogen) atoms. The van der Waals surface area contributed by atoms with Crippen LogP contribution in [0.25, 0.3) is 0 Å². The Labute approximate surface area is 183 Å². The number of fused-ring (bicyclic) bond motifs is 2. The quantitative estimate of drug-likeness (QED) is 0.663. The number of thiophene rings is 1. The number of amides is 3. The Morgan fingerprint density at radius 2 is 2.06 bits per heavy atom. The third-order valence-corrected chi connectivity index (χ3v) is 7.55. The van der Waals surface area contributed by atoms with Crippen LogP contribution >= 0.6 is 11.3 Å². The molecule has 162 valence electrons. The fraction of sp³-hybridized carbons (Fsp3) is 0.381. The first-order chi connectivity index (χ1) is 14.7. The first-order valence-corrected chi connectivity index (χ1v) is 12.9. The molecule has 1 aromatic carbocycles. The standard InChI is InChI=1S/C21H20N2O6S2/c1-31(27,28)10-15(12-4-5-16-13(8-12)6-7-29-16)23-20(25)14-9-30-19(17(14)21(23)26)22-18(24)11-2-3-11/h4-5,8-9,11,15H,2-3,6-7,10H2,1H3,(H,22,24)/t15-/m0/s1. The average molecular weight is 461 g/mol. The second-order valence-electron chi connectivity index (χ2n) is 8.17. The Balaban J connectivity index is 1.52. The SMILES string of the molecule is CS(=O)(=O)C[C@@H](c1ccc2c(c1)CCO2)N1C(=O)c2csc(NC(=O)C3CC3)c2C1=O. The fourth-order valence-electron chi connectivity index (χ4n) is 4.03. The van der Waals surface area contributed by atoms with Gasteiger partial charge in [-0.1, -0.05) is 6.07 Å². The van der Waals surface area contributed by atoms with Gasteiger partial charge in [0.15, 0.2) is 0 Å². The zero-order valence-electron chi connectivity index (χ0n) is 16.7. The van der Waals surface area contributed by atoms with E-state index < -0.39 is 27.7 Å². The number of anilines is 1. The van der Waals surface area contributed by atoms with Crippen LogP contribution in [0, 0.1) is 5.92 Å². The lowest BCUT2D eigenvalue weighted by molar-refractivity contribution is -0.117. The summed E-state index contributed by atoms with van der Waals surface area (Å²) in [7, 11) is -3.52. The van der Waals surface area contributed by atoms with E-state index in [0.717, 1.165) is 46.6 Å². The highest BCUT2D eigenvalue weighted by molar-refractivity contribution is 7.90. The minimum absolute atomic E-state index is 0.0484. The predicted molar refractivity (Wildman–Crippen MR) is 114 cm³/mol. The monoisotopic (exact) mass is 460 g/mol. The molecule has 2 aromatic rings. The number of benzene rings is 1. The minimum Gasteiger partial charge on any atom is -0.493 e. The van der Waals surface area contributed by atoms with Crippen LogP contribution in [0.1, 0.15) is 50.7 Å². The van der Waals surface area contributed by atoms with Gasteiger partial charge in [-0.05, 0) is 36.1 Å². The zero-order chi connectivity index (χ0) is 21.9. The van der Waals surface area contributed by atoms with Crippen LogP contribution in [0.5, 0.6) is 5.75 Å². The summed E-state index contributed by atoms with van der Waals surface area (Å²) >= 11 is 1.14. The Morgan fingerprint density at radius 3 is 2.77 bits per heavy atom. The number of sulfone groups is 1. The van der Waals surface area contributed by atoms with Crippen molar-refractivity contribution in [3.63, 3.8) is 0 Å². The van der Waals surface area contributed by atoms with Gasteiger partial charge in [-0.25, -0.2) is 8.42 Å². The Morgan fingerprint density at radius 1 is 1.29 bits per heavy atom. The summed E-state index contributed by atoms with van der Waals surface area (Å²) in [6.07, 6.45) is 3.40. The van der Waals surface area contributed by atoms with Crippen molar-refractivity contribution in [2.75, 3.05) is 23.9 Å². The molecular formula is C21H20N2O6S2. The number of carbonyl (C=O) groups excluding carboxylic acids is 3. The van der Waals surface area contributed by atoms with Gasteiger partial charge in [0.2, 0.25) is 5.91 Å². The largest absolute Gasteiger partial charge is 0.493 e. The second kappa shape index (κ2) is 7.16. The highest BCUT2D eigenvalue weighted by Gasteiger charge is 2.45. The Kier molecular flexibility index (Phi) is 4.67. The van der Waals surface area contributed by atoms with Gasteiger partial charge in [-0.3, -0.25) is 19.3 Å². The second-order valence-corrected chi connectivity index (χ2v) is 11.2. The summed E-state index contributed by atoms with van der Waals surface area (Å²) in [4.78, 5) is 39.7. The molecule has 8 nitrogen and oxygen atoms in total. The fourth-order valence-corrected chi connectivity index (χ4v) is 5.87. The van der Waals surface area contributed by atoms with Crippen LogP contribution in [0.15, 0.2) is 23.6 Å². The van der Waals surface area contributed by atoms with Crippen molar-refractivity contribution < 1.29 is 27.5 Å². The molecule has 1 aromatic heterocycles. The number of hydrogen-bond donors (Lipinski definition) is 1. The Bertz CT molecular complexity index is 1230. The van der Waals surface area contributed by atoms with Crippen LogP contribution in [0.3, 0.4) is 0 Å². The van der Waals surface area contributed by atoms with Crippen LogP contribution in [-0.2, 0) is 21.1 Å². The number of ether oxygens (including phenoxy) is 1. The lowest BCUT2D eigenvalue weighted by Gasteiger charge is -2.26. The van der Waals surface area contributed by atoms with E-state index in [2.05, 4.69) is 5.32 Å². The van der Waals surface area contributed by atoms with Crippen molar-refractivity contribution in [3.8, 4) is 5.75 Å². The van der Waals surface area contributed by atoms with E-state index >= 15 is 0 Å². The van der Waals surface area contributed by atoms with Crippen LogP contribution in [0.4, 0.5) is 5.00 Å². The first kappa shape index (κ1) is 20.2. The molecule has 2 aliphatic heterocycles. The van der Waals surface area contributed by atoms with Gasteiger partial charge in [-0.15, -0.1) is 11.3 Å². The van der Waals surface area contributed by atoms with E-state index in [9.17, 15) is 22.8 Å². The van der Waals surface area contributed by atoms with Crippen LogP contribution in [-0.4, -0.2) is 49.7 Å².